The highest BCUT2D eigenvalue weighted by Crippen LogP contribution is 2.36. The molecule has 0 spiro atoms. The van der Waals surface area contributed by atoms with E-state index >= 15 is 0 Å². The predicted molar refractivity (Wildman–Crippen MR) is 71.4 cm³/mol. The Morgan fingerprint density at radius 1 is 1.32 bits per heavy atom. The van der Waals surface area contributed by atoms with Crippen molar-refractivity contribution in [3.8, 4) is 0 Å². The Hall–Kier alpha value is -1.39. The molecule has 1 aliphatic rings. The highest BCUT2D eigenvalue weighted by atomic mass is 16.5. The van der Waals surface area contributed by atoms with Crippen LogP contribution in [0.4, 0.5) is 0 Å². The summed E-state index contributed by atoms with van der Waals surface area (Å²) in [6.45, 7) is 1.53. The van der Waals surface area contributed by atoms with Crippen LogP contribution in [0.5, 0.6) is 0 Å². The van der Waals surface area contributed by atoms with Crippen LogP contribution in [-0.4, -0.2) is 36.0 Å². The summed E-state index contributed by atoms with van der Waals surface area (Å²) in [6, 6.07) is 7.12. The third kappa shape index (κ3) is 3.33. The van der Waals surface area contributed by atoms with E-state index < -0.39 is 5.97 Å². The SMILES string of the molecule is O=C(O)c1ccccc1C(CCO)C1CCOCC1. The maximum Gasteiger partial charge on any atom is 0.335 e. The van der Waals surface area contributed by atoms with E-state index in [1.807, 2.05) is 12.1 Å². The van der Waals surface area contributed by atoms with E-state index in [-0.39, 0.29) is 12.5 Å². The first-order valence-electron chi connectivity index (χ1n) is 6.75. The molecule has 1 fully saturated rings. The van der Waals surface area contributed by atoms with Crippen molar-refractivity contribution in [3.05, 3.63) is 35.4 Å². The van der Waals surface area contributed by atoms with Crippen molar-refractivity contribution < 1.29 is 19.7 Å². The molecule has 1 aliphatic heterocycles. The van der Waals surface area contributed by atoms with Crippen LogP contribution in [0.2, 0.25) is 0 Å². The number of aliphatic hydroxyl groups is 1. The third-order valence-electron chi connectivity index (χ3n) is 3.87. The zero-order valence-electron chi connectivity index (χ0n) is 10.9. The molecular formula is C15H20O4. The number of carbonyl (C=O) groups is 1. The summed E-state index contributed by atoms with van der Waals surface area (Å²) in [7, 11) is 0. The van der Waals surface area contributed by atoms with Gasteiger partial charge >= 0.3 is 5.97 Å². The van der Waals surface area contributed by atoms with Crippen molar-refractivity contribution in [2.24, 2.45) is 5.92 Å². The summed E-state index contributed by atoms with van der Waals surface area (Å²) in [6.07, 6.45) is 2.46. The standard InChI is InChI=1S/C15H20O4/c16-8-5-12(11-6-9-19-10-7-11)13-3-1-2-4-14(13)15(17)18/h1-4,11-12,16H,5-10H2,(H,17,18). The van der Waals surface area contributed by atoms with Crippen LogP contribution in [0, 0.1) is 5.92 Å². The first-order chi connectivity index (χ1) is 9.24. The van der Waals surface area contributed by atoms with Gasteiger partial charge in [0.05, 0.1) is 5.56 Å². The van der Waals surface area contributed by atoms with E-state index in [1.54, 1.807) is 12.1 Å². The van der Waals surface area contributed by atoms with Gasteiger partial charge in [-0.15, -0.1) is 0 Å². The molecule has 1 aromatic rings. The second kappa shape index (κ2) is 6.68. The van der Waals surface area contributed by atoms with E-state index in [9.17, 15) is 15.0 Å². The molecule has 1 aromatic carbocycles. The van der Waals surface area contributed by atoms with Crippen molar-refractivity contribution in [1.82, 2.24) is 0 Å². The Morgan fingerprint density at radius 2 is 2.00 bits per heavy atom. The Morgan fingerprint density at radius 3 is 2.63 bits per heavy atom. The molecule has 2 rings (SSSR count). The molecule has 1 atom stereocenters. The van der Waals surface area contributed by atoms with Crippen LogP contribution in [-0.2, 0) is 4.74 Å². The van der Waals surface area contributed by atoms with Crippen LogP contribution in [0.3, 0.4) is 0 Å². The zero-order chi connectivity index (χ0) is 13.7. The second-order valence-electron chi connectivity index (χ2n) is 4.96. The summed E-state index contributed by atoms with van der Waals surface area (Å²) in [5.41, 5.74) is 1.20. The molecule has 4 heteroatoms. The summed E-state index contributed by atoms with van der Waals surface area (Å²) in [4.78, 5) is 11.3. The number of benzene rings is 1. The molecule has 0 bridgehead atoms. The zero-order valence-corrected chi connectivity index (χ0v) is 10.9. The van der Waals surface area contributed by atoms with Gasteiger partial charge in [0.1, 0.15) is 0 Å². The average Bonchev–Trinajstić information content (AvgIpc) is 2.45. The monoisotopic (exact) mass is 264 g/mol. The fourth-order valence-corrected chi connectivity index (χ4v) is 2.92. The molecule has 0 aromatic heterocycles. The fourth-order valence-electron chi connectivity index (χ4n) is 2.92. The normalized spacial score (nSPS) is 18.2. The Kier molecular flexibility index (Phi) is 4.93. The van der Waals surface area contributed by atoms with Crippen LogP contribution < -0.4 is 0 Å². The molecule has 104 valence electrons. The van der Waals surface area contributed by atoms with Crippen LogP contribution in [0.1, 0.15) is 41.1 Å². The minimum absolute atomic E-state index is 0.0793. The molecule has 0 aliphatic carbocycles. The second-order valence-corrected chi connectivity index (χ2v) is 4.96. The predicted octanol–water partition coefficient (Wildman–Crippen LogP) is 2.28. The lowest BCUT2D eigenvalue weighted by atomic mass is 9.78. The van der Waals surface area contributed by atoms with Gasteiger partial charge in [0.15, 0.2) is 0 Å². The van der Waals surface area contributed by atoms with E-state index in [1.165, 1.54) is 0 Å². The Labute approximate surface area is 113 Å². The van der Waals surface area contributed by atoms with Crippen LogP contribution in [0.25, 0.3) is 0 Å². The highest BCUT2D eigenvalue weighted by Gasteiger charge is 2.27. The van der Waals surface area contributed by atoms with E-state index in [0.29, 0.717) is 17.9 Å². The Balaban J connectivity index is 2.29. The number of carboxylic acid groups (broad SMARTS) is 1. The summed E-state index contributed by atoms with van der Waals surface area (Å²) < 4.78 is 5.36. The van der Waals surface area contributed by atoms with Gasteiger partial charge in [-0.1, -0.05) is 18.2 Å². The van der Waals surface area contributed by atoms with Gasteiger partial charge in [-0.3, -0.25) is 0 Å². The van der Waals surface area contributed by atoms with Gasteiger partial charge < -0.3 is 14.9 Å². The first kappa shape index (κ1) is 14.0. The lowest BCUT2D eigenvalue weighted by Gasteiger charge is -2.31. The molecule has 2 N–H and O–H groups in total. The van der Waals surface area contributed by atoms with E-state index in [4.69, 9.17) is 4.74 Å². The number of ether oxygens (including phenoxy) is 1. The highest BCUT2D eigenvalue weighted by molar-refractivity contribution is 5.89. The maximum atomic E-state index is 11.3. The lowest BCUT2D eigenvalue weighted by Crippen LogP contribution is -2.24. The van der Waals surface area contributed by atoms with Crippen molar-refractivity contribution in [1.29, 1.82) is 0 Å². The fraction of sp³-hybridized carbons (Fsp3) is 0.533. The quantitative estimate of drug-likeness (QED) is 0.856. The molecule has 1 heterocycles. The maximum absolute atomic E-state index is 11.3. The molecule has 19 heavy (non-hydrogen) atoms. The topological polar surface area (TPSA) is 66.8 Å². The van der Waals surface area contributed by atoms with Crippen molar-refractivity contribution in [2.45, 2.75) is 25.2 Å². The molecule has 4 nitrogen and oxygen atoms in total. The minimum Gasteiger partial charge on any atom is -0.478 e. The van der Waals surface area contributed by atoms with E-state index in [0.717, 1.165) is 31.6 Å². The van der Waals surface area contributed by atoms with Gasteiger partial charge in [-0.05, 0) is 42.7 Å². The molecule has 0 saturated carbocycles. The minimum atomic E-state index is -0.898. The molecule has 0 radical (unpaired) electrons. The van der Waals surface area contributed by atoms with Crippen molar-refractivity contribution in [3.63, 3.8) is 0 Å². The summed E-state index contributed by atoms with van der Waals surface area (Å²) >= 11 is 0. The molecule has 1 saturated heterocycles. The van der Waals surface area contributed by atoms with Gasteiger partial charge in [0.25, 0.3) is 0 Å². The molecule has 0 amide bonds. The Bertz CT molecular complexity index is 424. The lowest BCUT2D eigenvalue weighted by molar-refractivity contribution is 0.0539. The van der Waals surface area contributed by atoms with Crippen molar-refractivity contribution in [2.75, 3.05) is 19.8 Å². The number of carboxylic acids is 1. The average molecular weight is 264 g/mol. The smallest absolute Gasteiger partial charge is 0.335 e. The first-order valence-corrected chi connectivity index (χ1v) is 6.75. The van der Waals surface area contributed by atoms with Crippen LogP contribution >= 0.6 is 0 Å². The van der Waals surface area contributed by atoms with E-state index in [2.05, 4.69) is 0 Å². The van der Waals surface area contributed by atoms with Crippen molar-refractivity contribution >= 4 is 5.97 Å². The number of aromatic carboxylic acids is 1. The van der Waals surface area contributed by atoms with Gasteiger partial charge in [0.2, 0.25) is 0 Å². The number of hydrogen-bond acceptors (Lipinski definition) is 3. The largest absolute Gasteiger partial charge is 0.478 e. The van der Waals surface area contributed by atoms with Gasteiger partial charge in [0, 0.05) is 19.8 Å². The molecular weight excluding hydrogens is 244 g/mol. The van der Waals surface area contributed by atoms with Gasteiger partial charge in [-0.25, -0.2) is 4.79 Å². The van der Waals surface area contributed by atoms with Crippen LogP contribution in [0.15, 0.2) is 24.3 Å². The van der Waals surface area contributed by atoms with Gasteiger partial charge in [-0.2, -0.15) is 0 Å². The number of hydrogen-bond donors (Lipinski definition) is 2. The molecule has 1 unspecified atom stereocenters. The summed E-state index contributed by atoms with van der Waals surface area (Å²) in [5, 5.41) is 18.6. The third-order valence-corrected chi connectivity index (χ3v) is 3.87. The summed E-state index contributed by atoms with van der Waals surface area (Å²) in [5.74, 6) is -0.409. The number of aliphatic hydroxyl groups excluding tert-OH is 1. The number of rotatable bonds is 5.